The first-order valence-corrected chi connectivity index (χ1v) is 4.20. The maximum Gasteiger partial charge on any atom is 0.255 e. The van der Waals surface area contributed by atoms with Crippen LogP contribution in [0.1, 0.15) is 18.2 Å². The molecule has 0 amide bonds. The molecule has 66 valence electrons. The molecule has 0 saturated carbocycles. The van der Waals surface area contributed by atoms with Crippen LogP contribution in [-0.4, -0.2) is 28.3 Å². The van der Waals surface area contributed by atoms with Crippen LogP contribution in [0.4, 0.5) is 0 Å². The van der Waals surface area contributed by atoms with Crippen molar-refractivity contribution < 1.29 is 9.63 Å². The van der Waals surface area contributed by atoms with Crippen LogP contribution in [0, 0.1) is 0 Å². The van der Waals surface area contributed by atoms with Crippen LogP contribution in [0.2, 0.25) is 0 Å². The summed E-state index contributed by atoms with van der Waals surface area (Å²) in [5, 5.41) is 12.8. The summed E-state index contributed by atoms with van der Waals surface area (Å²) in [7, 11) is 0. The molecule has 1 aliphatic rings. The fourth-order valence-electron chi connectivity index (χ4n) is 1.53. The van der Waals surface area contributed by atoms with Crippen LogP contribution >= 0.6 is 0 Å². The molecule has 0 saturated heterocycles. The highest BCUT2D eigenvalue weighted by Gasteiger charge is 2.22. The molecule has 0 radical (unpaired) electrons. The van der Waals surface area contributed by atoms with E-state index in [0.717, 1.165) is 37.4 Å². The normalized spacial score (nSPS) is 17.8. The van der Waals surface area contributed by atoms with Gasteiger partial charge in [-0.3, -0.25) is 4.90 Å². The van der Waals surface area contributed by atoms with Crippen molar-refractivity contribution in [1.29, 1.82) is 0 Å². The van der Waals surface area contributed by atoms with Crippen molar-refractivity contribution >= 4 is 0 Å². The fraction of sp³-hybridized carbons (Fsp3) is 0.625. The lowest BCUT2D eigenvalue weighted by atomic mass is 10.1. The average Bonchev–Trinajstić information content (AvgIpc) is 2.47. The molecule has 0 aliphatic carbocycles. The minimum Gasteiger partial charge on any atom is -0.491 e. The molecular weight excluding hydrogens is 156 g/mol. The molecule has 0 aromatic carbocycles. The second-order valence-corrected chi connectivity index (χ2v) is 3.03. The van der Waals surface area contributed by atoms with Crippen molar-refractivity contribution in [1.82, 2.24) is 10.1 Å². The van der Waals surface area contributed by atoms with E-state index in [1.54, 1.807) is 0 Å². The van der Waals surface area contributed by atoms with Gasteiger partial charge in [-0.2, -0.15) is 0 Å². The third kappa shape index (κ3) is 1.08. The smallest absolute Gasteiger partial charge is 0.255 e. The van der Waals surface area contributed by atoms with Gasteiger partial charge in [-0.25, -0.2) is 0 Å². The van der Waals surface area contributed by atoms with E-state index in [1.165, 1.54) is 0 Å². The van der Waals surface area contributed by atoms with E-state index < -0.39 is 0 Å². The Morgan fingerprint density at radius 3 is 3.25 bits per heavy atom. The molecule has 0 atom stereocenters. The van der Waals surface area contributed by atoms with Crippen LogP contribution in [0.15, 0.2) is 4.52 Å². The van der Waals surface area contributed by atoms with Gasteiger partial charge in [0.2, 0.25) is 0 Å². The maximum absolute atomic E-state index is 9.23. The molecule has 1 aromatic rings. The highest BCUT2D eigenvalue weighted by molar-refractivity contribution is 5.28. The molecule has 0 fully saturated rings. The summed E-state index contributed by atoms with van der Waals surface area (Å²) in [6.07, 6.45) is 0.846. The maximum atomic E-state index is 9.23. The van der Waals surface area contributed by atoms with E-state index in [2.05, 4.69) is 17.0 Å². The number of nitrogens with zero attached hydrogens (tertiary/aromatic N) is 2. The van der Waals surface area contributed by atoms with Crippen LogP contribution in [0.5, 0.6) is 5.88 Å². The lowest BCUT2D eigenvalue weighted by molar-refractivity contribution is 0.226. The Kier molecular flexibility index (Phi) is 1.77. The first-order chi connectivity index (χ1) is 5.81. The number of likely N-dealkylation sites (N-methyl/N-ethyl adjacent to an activating group) is 1. The standard InChI is InChI=1S/C8H12N2O2/c1-2-10-4-3-6-7(5-10)12-9-8(6)11/h2-5H2,1H3,(H,9,11). The highest BCUT2D eigenvalue weighted by Crippen LogP contribution is 2.25. The quantitative estimate of drug-likeness (QED) is 0.672. The molecule has 1 aromatic heterocycles. The van der Waals surface area contributed by atoms with Crippen molar-refractivity contribution in [3.63, 3.8) is 0 Å². The average molecular weight is 168 g/mol. The van der Waals surface area contributed by atoms with Gasteiger partial charge in [0.05, 0.1) is 12.1 Å². The zero-order valence-electron chi connectivity index (χ0n) is 7.08. The van der Waals surface area contributed by atoms with Crippen molar-refractivity contribution in [3.05, 3.63) is 11.3 Å². The third-order valence-corrected chi connectivity index (χ3v) is 2.34. The van der Waals surface area contributed by atoms with Gasteiger partial charge in [0, 0.05) is 6.54 Å². The number of aromatic hydroxyl groups is 1. The van der Waals surface area contributed by atoms with Crippen molar-refractivity contribution in [3.8, 4) is 5.88 Å². The summed E-state index contributed by atoms with van der Waals surface area (Å²) in [4.78, 5) is 2.26. The van der Waals surface area contributed by atoms with E-state index in [4.69, 9.17) is 4.52 Å². The Bertz CT molecular complexity index is 283. The second kappa shape index (κ2) is 2.79. The highest BCUT2D eigenvalue weighted by atomic mass is 16.5. The molecule has 2 heterocycles. The molecule has 2 rings (SSSR count). The van der Waals surface area contributed by atoms with Crippen LogP contribution in [0.25, 0.3) is 0 Å². The van der Waals surface area contributed by atoms with Crippen LogP contribution in [0.3, 0.4) is 0 Å². The first kappa shape index (κ1) is 7.61. The van der Waals surface area contributed by atoms with Gasteiger partial charge in [-0.1, -0.05) is 6.92 Å². The molecule has 0 spiro atoms. The molecule has 0 unspecified atom stereocenters. The molecular formula is C8H12N2O2. The predicted molar refractivity (Wildman–Crippen MR) is 42.8 cm³/mol. The zero-order chi connectivity index (χ0) is 8.55. The van der Waals surface area contributed by atoms with E-state index >= 15 is 0 Å². The Balaban J connectivity index is 2.24. The number of fused-ring (bicyclic) bond motifs is 1. The molecule has 0 bridgehead atoms. The number of aromatic nitrogens is 1. The molecule has 1 N–H and O–H groups in total. The Morgan fingerprint density at radius 2 is 2.50 bits per heavy atom. The Labute approximate surface area is 70.8 Å². The summed E-state index contributed by atoms with van der Waals surface area (Å²) in [6.45, 7) is 4.89. The summed E-state index contributed by atoms with van der Waals surface area (Å²) < 4.78 is 4.98. The molecule has 4 nitrogen and oxygen atoms in total. The number of hydrogen-bond acceptors (Lipinski definition) is 4. The molecule has 1 aliphatic heterocycles. The van der Waals surface area contributed by atoms with Gasteiger partial charge >= 0.3 is 0 Å². The van der Waals surface area contributed by atoms with Gasteiger partial charge in [0.1, 0.15) is 0 Å². The van der Waals surface area contributed by atoms with Crippen molar-refractivity contribution in [2.75, 3.05) is 13.1 Å². The van der Waals surface area contributed by atoms with Crippen LogP contribution in [-0.2, 0) is 13.0 Å². The monoisotopic (exact) mass is 168 g/mol. The fourth-order valence-corrected chi connectivity index (χ4v) is 1.53. The van der Waals surface area contributed by atoms with Crippen molar-refractivity contribution in [2.45, 2.75) is 19.9 Å². The largest absolute Gasteiger partial charge is 0.491 e. The van der Waals surface area contributed by atoms with E-state index in [-0.39, 0.29) is 5.88 Å². The van der Waals surface area contributed by atoms with Gasteiger partial charge in [0.15, 0.2) is 5.76 Å². The third-order valence-electron chi connectivity index (χ3n) is 2.34. The lowest BCUT2D eigenvalue weighted by Crippen LogP contribution is -2.29. The summed E-state index contributed by atoms with van der Waals surface area (Å²) in [6, 6.07) is 0. The Hall–Kier alpha value is -1.03. The summed E-state index contributed by atoms with van der Waals surface area (Å²) in [5.41, 5.74) is 0.889. The lowest BCUT2D eigenvalue weighted by Gasteiger charge is -2.22. The summed E-state index contributed by atoms with van der Waals surface area (Å²) >= 11 is 0. The van der Waals surface area contributed by atoms with E-state index in [1.807, 2.05) is 0 Å². The van der Waals surface area contributed by atoms with Gasteiger partial charge < -0.3 is 9.63 Å². The minimum absolute atomic E-state index is 0.0701. The predicted octanol–water partition coefficient (Wildman–Crippen LogP) is 0.758. The topological polar surface area (TPSA) is 49.5 Å². The zero-order valence-corrected chi connectivity index (χ0v) is 7.08. The SMILES string of the molecule is CCN1CCc2c(O)noc2C1. The van der Waals surface area contributed by atoms with E-state index in [0.29, 0.717) is 0 Å². The van der Waals surface area contributed by atoms with Gasteiger partial charge in [0.25, 0.3) is 5.88 Å². The second-order valence-electron chi connectivity index (χ2n) is 3.03. The van der Waals surface area contributed by atoms with Gasteiger partial charge in [-0.15, -0.1) is 0 Å². The summed E-state index contributed by atoms with van der Waals surface area (Å²) in [5.74, 6) is 0.890. The molecule has 4 heteroatoms. The first-order valence-electron chi connectivity index (χ1n) is 4.20. The number of hydrogen-bond donors (Lipinski definition) is 1. The molecule has 12 heavy (non-hydrogen) atoms. The van der Waals surface area contributed by atoms with E-state index in [9.17, 15) is 5.11 Å². The number of rotatable bonds is 1. The van der Waals surface area contributed by atoms with Crippen molar-refractivity contribution in [2.24, 2.45) is 0 Å². The van der Waals surface area contributed by atoms with Crippen LogP contribution < -0.4 is 0 Å². The van der Waals surface area contributed by atoms with Gasteiger partial charge in [-0.05, 0) is 18.1 Å². The minimum atomic E-state index is 0.0701. The Morgan fingerprint density at radius 1 is 1.67 bits per heavy atom.